The second-order valence-corrected chi connectivity index (χ2v) is 4.86. The Balaban J connectivity index is 2.28. The lowest BCUT2D eigenvalue weighted by molar-refractivity contribution is 0.0897. The van der Waals surface area contributed by atoms with Gasteiger partial charge in [0.1, 0.15) is 11.6 Å². The van der Waals surface area contributed by atoms with Crippen molar-refractivity contribution in [2.75, 3.05) is 13.7 Å². The largest absolute Gasteiger partial charge is 0.496 e. The molecule has 0 amide bonds. The minimum absolute atomic E-state index is 0.0765. The van der Waals surface area contributed by atoms with Crippen molar-refractivity contribution in [2.45, 2.75) is 24.8 Å². The highest BCUT2D eigenvalue weighted by molar-refractivity contribution is 6.21. The van der Waals surface area contributed by atoms with Crippen LogP contribution in [0.5, 0.6) is 5.75 Å². The van der Waals surface area contributed by atoms with Gasteiger partial charge in [-0.1, -0.05) is 6.92 Å². The fourth-order valence-electron chi connectivity index (χ4n) is 2.19. The van der Waals surface area contributed by atoms with E-state index in [4.69, 9.17) is 21.1 Å². The first-order valence-corrected chi connectivity index (χ1v) is 6.16. The molecule has 0 bridgehead atoms. The van der Waals surface area contributed by atoms with Crippen molar-refractivity contribution in [3.8, 4) is 5.75 Å². The first kappa shape index (κ1) is 12.7. The number of ether oxygens (including phenoxy) is 2. The van der Waals surface area contributed by atoms with Crippen LogP contribution in [-0.4, -0.2) is 19.8 Å². The average molecular weight is 259 g/mol. The van der Waals surface area contributed by atoms with Gasteiger partial charge >= 0.3 is 0 Å². The molecule has 0 saturated carbocycles. The highest BCUT2D eigenvalue weighted by Crippen LogP contribution is 2.39. The Morgan fingerprint density at radius 3 is 2.88 bits per heavy atom. The van der Waals surface area contributed by atoms with Crippen molar-refractivity contribution in [1.29, 1.82) is 0 Å². The van der Waals surface area contributed by atoms with Gasteiger partial charge in [0.25, 0.3) is 0 Å². The molecule has 2 nitrogen and oxygen atoms in total. The molecule has 1 aromatic carbocycles. The summed E-state index contributed by atoms with van der Waals surface area (Å²) in [7, 11) is 1.55. The third-order valence-corrected chi connectivity index (χ3v) is 3.71. The van der Waals surface area contributed by atoms with Crippen LogP contribution in [0.1, 0.15) is 24.3 Å². The maximum Gasteiger partial charge on any atom is 0.123 e. The third-order valence-electron chi connectivity index (χ3n) is 3.22. The first-order chi connectivity index (χ1) is 8.13. The Morgan fingerprint density at radius 1 is 1.53 bits per heavy atom. The standard InChI is InChI=1S/C13H16ClFO2/c1-8-5-6-17-13(8)12(14)10-7-9(15)3-4-11(10)16-2/h3-4,7-8,12-13H,5-6H2,1-2H3. The molecule has 1 fully saturated rings. The zero-order chi connectivity index (χ0) is 12.4. The molecule has 1 aromatic rings. The normalized spacial score (nSPS) is 25.9. The van der Waals surface area contributed by atoms with Gasteiger partial charge in [0.05, 0.1) is 18.6 Å². The number of hydrogen-bond donors (Lipinski definition) is 0. The summed E-state index contributed by atoms with van der Waals surface area (Å²) in [6.07, 6.45) is 0.915. The molecule has 1 aliphatic rings. The van der Waals surface area contributed by atoms with Crippen LogP contribution >= 0.6 is 11.6 Å². The molecular weight excluding hydrogens is 243 g/mol. The summed E-state index contributed by atoms with van der Waals surface area (Å²) in [5.41, 5.74) is 0.660. The monoisotopic (exact) mass is 258 g/mol. The minimum Gasteiger partial charge on any atom is -0.496 e. The fourth-order valence-corrected chi connectivity index (χ4v) is 2.68. The molecule has 94 valence electrons. The first-order valence-electron chi connectivity index (χ1n) is 5.72. The zero-order valence-corrected chi connectivity index (χ0v) is 10.7. The van der Waals surface area contributed by atoms with E-state index in [2.05, 4.69) is 6.92 Å². The second-order valence-electron chi connectivity index (χ2n) is 4.39. The van der Waals surface area contributed by atoms with Gasteiger partial charge in [-0.2, -0.15) is 0 Å². The van der Waals surface area contributed by atoms with Crippen molar-refractivity contribution in [3.05, 3.63) is 29.6 Å². The van der Waals surface area contributed by atoms with Gasteiger partial charge in [0.15, 0.2) is 0 Å². The predicted molar refractivity (Wildman–Crippen MR) is 65.1 cm³/mol. The Hall–Kier alpha value is -0.800. The summed E-state index contributed by atoms with van der Waals surface area (Å²) in [6, 6.07) is 4.38. The van der Waals surface area contributed by atoms with Crippen LogP contribution in [0.25, 0.3) is 0 Å². The summed E-state index contributed by atoms with van der Waals surface area (Å²) >= 11 is 6.39. The average Bonchev–Trinajstić information content (AvgIpc) is 2.74. The van der Waals surface area contributed by atoms with Crippen LogP contribution in [-0.2, 0) is 4.74 Å². The summed E-state index contributed by atoms with van der Waals surface area (Å²) < 4.78 is 24.1. The number of rotatable bonds is 3. The lowest BCUT2D eigenvalue weighted by atomic mass is 9.96. The molecule has 1 heterocycles. The van der Waals surface area contributed by atoms with Gasteiger partial charge in [0, 0.05) is 12.2 Å². The zero-order valence-electron chi connectivity index (χ0n) is 9.95. The van der Waals surface area contributed by atoms with Crippen molar-refractivity contribution in [3.63, 3.8) is 0 Å². The van der Waals surface area contributed by atoms with E-state index in [1.54, 1.807) is 13.2 Å². The molecule has 0 spiro atoms. The van der Waals surface area contributed by atoms with Crippen molar-refractivity contribution < 1.29 is 13.9 Å². The molecule has 3 unspecified atom stereocenters. The molecule has 17 heavy (non-hydrogen) atoms. The van der Waals surface area contributed by atoms with Gasteiger partial charge in [0.2, 0.25) is 0 Å². The Morgan fingerprint density at radius 2 is 2.29 bits per heavy atom. The molecule has 1 saturated heterocycles. The van der Waals surface area contributed by atoms with E-state index in [0.717, 1.165) is 6.42 Å². The van der Waals surface area contributed by atoms with E-state index in [-0.39, 0.29) is 17.3 Å². The van der Waals surface area contributed by atoms with Gasteiger partial charge in [-0.05, 0) is 30.5 Å². The molecule has 1 aliphatic heterocycles. The molecule has 4 heteroatoms. The smallest absolute Gasteiger partial charge is 0.123 e. The quantitative estimate of drug-likeness (QED) is 0.772. The third kappa shape index (κ3) is 2.55. The topological polar surface area (TPSA) is 18.5 Å². The van der Waals surface area contributed by atoms with Crippen LogP contribution < -0.4 is 4.74 Å². The Labute approximate surface area is 106 Å². The number of alkyl halides is 1. The number of halogens is 2. The molecule has 0 aliphatic carbocycles. The van der Waals surface area contributed by atoms with Crippen molar-refractivity contribution in [1.82, 2.24) is 0 Å². The predicted octanol–water partition coefficient (Wildman–Crippen LogP) is 3.54. The summed E-state index contributed by atoms with van der Waals surface area (Å²) in [6.45, 7) is 2.81. The second kappa shape index (κ2) is 5.23. The van der Waals surface area contributed by atoms with E-state index >= 15 is 0 Å². The van der Waals surface area contributed by atoms with Crippen LogP contribution in [0.3, 0.4) is 0 Å². The Kier molecular flexibility index (Phi) is 3.89. The van der Waals surface area contributed by atoms with Gasteiger partial charge in [-0.3, -0.25) is 0 Å². The highest BCUT2D eigenvalue weighted by atomic mass is 35.5. The summed E-state index contributed by atoms with van der Waals surface area (Å²) in [5.74, 6) is 0.677. The fraction of sp³-hybridized carbons (Fsp3) is 0.538. The summed E-state index contributed by atoms with van der Waals surface area (Å²) in [5, 5.41) is -0.377. The van der Waals surface area contributed by atoms with Crippen molar-refractivity contribution >= 4 is 11.6 Å². The van der Waals surface area contributed by atoms with E-state index in [1.165, 1.54) is 12.1 Å². The van der Waals surface area contributed by atoms with Crippen LogP contribution in [0.4, 0.5) is 4.39 Å². The molecule has 0 radical (unpaired) electrons. The van der Waals surface area contributed by atoms with E-state index in [1.807, 2.05) is 0 Å². The highest BCUT2D eigenvalue weighted by Gasteiger charge is 2.33. The number of hydrogen-bond acceptors (Lipinski definition) is 2. The number of methoxy groups -OCH3 is 1. The molecule has 0 aromatic heterocycles. The van der Waals surface area contributed by atoms with Crippen molar-refractivity contribution in [2.24, 2.45) is 5.92 Å². The lowest BCUT2D eigenvalue weighted by Gasteiger charge is -2.22. The van der Waals surface area contributed by atoms with Crippen LogP contribution in [0, 0.1) is 11.7 Å². The van der Waals surface area contributed by atoms with Crippen LogP contribution in [0.2, 0.25) is 0 Å². The van der Waals surface area contributed by atoms with Gasteiger partial charge in [-0.25, -0.2) is 4.39 Å². The molecular formula is C13H16ClFO2. The molecule has 0 N–H and O–H groups in total. The minimum atomic E-state index is -0.377. The number of benzene rings is 1. The van der Waals surface area contributed by atoms with E-state index in [9.17, 15) is 4.39 Å². The van der Waals surface area contributed by atoms with Crippen LogP contribution in [0.15, 0.2) is 18.2 Å². The van der Waals surface area contributed by atoms with Gasteiger partial charge < -0.3 is 9.47 Å². The summed E-state index contributed by atoms with van der Waals surface area (Å²) in [4.78, 5) is 0. The van der Waals surface area contributed by atoms with E-state index in [0.29, 0.717) is 23.8 Å². The maximum atomic E-state index is 13.3. The SMILES string of the molecule is COc1ccc(F)cc1C(Cl)C1OCCC1C. The molecule has 2 rings (SSSR count). The Bertz CT molecular complexity index is 397. The molecule has 3 atom stereocenters. The maximum absolute atomic E-state index is 13.3. The lowest BCUT2D eigenvalue weighted by Crippen LogP contribution is -2.20. The van der Waals surface area contributed by atoms with E-state index < -0.39 is 0 Å². The van der Waals surface area contributed by atoms with Gasteiger partial charge in [-0.15, -0.1) is 11.6 Å².